The van der Waals surface area contributed by atoms with E-state index in [1.54, 1.807) is 31.5 Å². The second kappa shape index (κ2) is 6.39. The molecule has 0 unspecified atom stereocenters. The largest absolute Gasteiger partial charge is 0.493 e. The van der Waals surface area contributed by atoms with Crippen LogP contribution >= 0.6 is 0 Å². The number of amides is 1. The summed E-state index contributed by atoms with van der Waals surface area (Å²) in [4.78, 5) is 12.4. The molecule has 6 nitrogen and oxygen atoms in total. The van der Waals surface area contributed by atoms with Gasteiger partial charge in [-0.1, -0.05) is 6.07 Å². The summed E-state index contributed by atoms with van der Waals surface area (Å²) in [6, 6.07) is 10.8. The summed E-state index contributed by atoms with van der Waals surface area (Å²) in [5, 5.41) is 6.89. The Labute approximate surface area is 134 Å². The Morgan fingerprint density at radius 2 is 1.96 bits per heavy atom. The number of fused-ring (bicyclic) bond motifs is 1. The maximum Gasteiger partial charge on any atom is 0.255 e. The normalized spacial score (nSPS) is 12.1. The van der Waals surface area contributed by atoms with E-state index in [2.05, 4.69) is 15.8 Å². The fourth-order valence-electron chi connectivity index (χ4n) is 2.39. The van der Waals surface area contributed by atoms with Gasteiger partial charge < -0.3 is 20.2 Å². The van der Waals surface area contributed by atoms with Crippen LogP contribution in [0.5, 0.6) is 11.5 Å². The number of anilines is 1. The smallest absolute Gasteiger partial charge is 0.255 e. The van der Waals surface area contributed by atoms with Crippen molar-refractivity contribution in [1.82, 2.24) is 5.43 Å². The van der Waals surface area contributed by atoms with Gasteiger partial charge >= 0.3 is 0 Å². The van der Waals surface area contributed by atoms with Crippen LogP contribution in [-0.4, -0.2) is 26.3 Å². The van der Waals surface area contributed by atoms with Gasteiger partial charge in [0.1, 0.15) is 0 Å². The predicted molar refractivity (Wildman–Crippen MR) is 88.4 cm³/mol. The number of carbonyl (C=O) groups is 1. The summed E-state index contributed by atoms with van der Waals surface area (Å²) in [5.41, 5.74) is 6.28. The molecular weight excluding hydrogens is 294 g/mol. The van der Waals surface area contributed by atoms with E-state index in [0.717, 1.165) is 16.8 Å². The van der Waals surface area contributed by atoms with E-state index in [1.165, 1.54) is 7.11 Å². The number of methoxy groups -OCH3 is 2. The molecular formula is C17H17N3O3. The van der Waals surface area contributed by atoms with Crippen molar-refractivity contribution in [2.45, 2.75) is 6.54 Å². The predicted octanol–water partition coefficient (Wildman–Crippen LogP) is 2.39. The molecule has 0 aliphatic carbocycles. The molecule has 118 valence electrons. The summed E-state index contributed by atoms with van der Waals surface area (Å²) < 4.78 is 10.4. The lowest BCUT2D eigenvalue weighted by Gasteiger charge is -2.14. The summed E-state index contributed by atoms with van der Waals surface area (Å²) in [5.74, 6) is 0.900. The molecule has 0 fully saturated rings. The number of nitrogens with zero attached hydrogens (tertiary/aromatic N) is 1. The van der Waals surface area contributed by atoms with Gasteiger partial charge in [0.05, 0.1) is 27.0 Å². The number of ether oxygens (including phenoxy) is 2. The minimum Gasteiger partial charge on any atom is -0.493 e. The zero-order valence-corrected chi connectivity index (χ0v) is 12.9. The summed E-state index contributed by atoms with van der Waals surface area (Å²) >= 11 is 0. The molecule has 23 heavy (non-hydrogen) atoms. The Hall–Kier alpha value is -3.02. The molecule has 0 saturated carbocycles. The summed E-state index contributed by atoms with van der Waals surface area (Å²) in [7, 11) is 3.10. The Bertz CT molecular complexity index is 772. The van der Waals surface area contributed by atoms with Gasteiger partial charge in [0.2, 0.25) is 0 Å². The molecule has 0 bridgehead atoms. The van der Waals surface area contributed by atoms with Crippen LogP contribution in [0.4, 0.5) is 5.69 Å². The molecule has 2 N–H and O–H groups in total. The van der Waals surface area contributed by atoms with E-state index in [9.17, 15) is 4.79 Å². The van der Waals surface area contributed by atoms with Crippen molar-refractivity contribution in [3.8, 4) is 11.5 Å². The third kappa shape index (κ3) is 3.11. The second-order valence-electron chi connectivity index (χ2n) is 5.03. The maximum absolute atomic E-state index is 12.4. The molecule has 1 heterocycles. The molecule has 0 spiro atoms. The topological polar surface area (TPSA) is 72.0 Å². The first-order valence-electron chi connectivity index (χ1n) is 7.13. The molecule has 1 aliphatic heterocycles. The summed E-state index contributed by atoms with van der Waals surface area (Å²) in [6.07, 6.45) is 1.76. The molecule has 0 radical (unpaired) electrons. The van der Waals surface area contributed by atoms with Gasteiger partial charge in [-0.25, -0.2) is 0 Å². The number of nitrogens with one attached hydrogen (secondary N) is 2. The average molecular weight is 311 g/mol. The SMILES string of the molecule is COc1ccc(C(=O)Nc2ccc3c(c2)CNN=C3)cc1OC. The van der Waals surface area contributed by atoms with Crippen LogP contribution < -0.4 is 20.2 Å². The summed E-state index contributed by atoms with van der Waals surface area (Å²) in [6.45, 7) is 0.645. The van der Waals surface area contributed by atoms with Gasteiger partial charge in [0.25, 0.3) is 5.91 Å². The van der Waals surface area contributed by atoms with Crippen LogP contribution in [-0.2, 0) is 6.54 Å². The first-order chi connectivity index (χ1) is 11.2. The molecule has 2 aromatic rings. The van der Waals surface area contributed by atoms with Crippen LogP contribution in [0.3, 0.4) is 0 Å². The third-order valence-corrected chi connectivity index (χ3v) is 3.61. The molecule has 3 rings (SSSR count). The van der Waals surface area contributed by atoms with E-state index >= 15 is 0 Å². The van der Waals surface area contributed by atoms with Gasteiger partial charge in [-0.3, -0.25) is 4.79 Å². The zero-order chi connectivity index (χ0) is 16.2. The number of hydrazone groups is 1. The lowest BCUT2D eigenvalue weighted by molar-refractivity contribution is 0.102. The standard InChI is InChI=1S/C17H17N3O3/c1-22-15-6-4-11(8-16(15)23-2)17(21)20-14-5-3-12-9-18-19-10-13(12)7-14/h3-9,19H,10H2,1-2H3,(H,20,21). The van der Waals surface area contributed by atoms with Crippen LogP contribution in [0.25, 0.3) is 0 Å². The monoisotopic (exact) mass is 311 g/mol. The number of rotatable bonds is 4. The molecule has 6 heteroatoms. The Morgan fingerprint density at radius 1 is 1.13 bits per heavy atom. The van der Waals surface area contributed by atoms with Crippen LogP contribution in [0.15, 0.2) is 41.5 Å². The quantitative estimate of drug-likeness (QED) is 0.909. The van der Waals surface area contributed by atoms with E-state index in [1.807, 2.05) is 18.2 Å². The molecule has 0 aromatic heterocycles. The van der Waals surface area contributed by atoms with Crippen molar-refractivity contribution in [2.75, 3.05) is 19.5 Å². The maximum atomic E-state index is 12.4. The third-order valence-electron chi connectivity index (χ3n) is 3.61. The first kappa shape index (κ1) is 14.9. The van der Waals surface area contributed by atoms with Crippen LogP contribution in [0.2, 0.25) is 0 Å². The lowest BCUT2D eigenvalue weighted by Crippen LogP contribution is -2.16. The lowest BCUT2D eigenvalue weighted by atomic mass is 10.1. The van der Waals surface area contributed by atoms with Gasteiger partial charge in [0, 0.05) is 11.3 Å². The highest BCUT2D eigenvalue weighted by Crippen LogP contribution is 2.28. The Morgan fingerprint density at radius 3 is 2.74 bits per heavy atom. The van der Waals surface area contributed by atoms with Crippen molar-refractivity contribution in [3.05, 3.63) is 53.1 Å². The van der Waals surface area contributed by atoms with E-state index in [-0.39, 0.29) is 5.91 Å². The molecule has 2 aromatic carbocycles. The molecule has 0 saturated heterocycles. The fraction of sp³-hybridized carbons (Fsp3) is 0.176. The van der Waals surface area contributed by atoms with Gasteiger partial charge in [-0.05, 0) is 41.5 Å². The highest BCUT2D eigenvalue weighted by atomic mass is 16.5. The van der Waals surface area contributed by atoms with Crippen molar-refractivity contribution in [1.29, 1.82) is 0 Å². The van der Waals surface area contributed by atoms with Crippen LogP contribution in [0.1, 0.15) is 21.5 Å². The highest BCUT2D eigenvalue weighted by molar-refractivity contribution is 6.05. The molecule has 1 aliphatic rings. The van der Waals surface area contributed by atoms with Crippen molar-refractivity contribution < 1.29 is 14.3 Å². The highest BCUT2D eigenvalue weighted by Gasteiger charge is 2.12. The number of hydrogen-bond acceptors (Lipinski definition) is 5. The van der Waals surface area contributed by atoms with Gasteiger partial charge in [-0.2, -0.15) is 5.10 Å². The average Bonchev–Trinajstić information content (AvgIpc) is 2.60. The van der Waals surface area contributed by atoms with E-state index in [0.29, 0.717) is 23.6 Å². The van der Waals surface area contributed by atoms with Gasteiger partial charge in [-0.15, -0.1) is 0 Å². The Balaban J connectivity index is 1.80. The molecule has 0 atom stereocenters. The minimum absolute atomic E-state index is 0.205. The second-order valence-corrected chi connectivity index (χ2v) is 5.03. The number of benzene rings is 2. The fourth-order valence-corrected chi connectivity index (χ4v) is 2.39. The molecule has 1 amide bonds. The number of hydrogen-bond donors (Lipinski definition) is 2. The van der Waals surface area contributed by atoms with E-state index < -0.39 is 0 Å². The van der Waals surface area contributed by atoms with E-state index in [4.69, 9.17) is 9.47 Å². The first-order valence-corrected chi connectivity index (χ1v) is 7.13. The van der Waals surface area contributed by atoms with Crippen molar-refractivity contribution >= 4 is 17.8 Å². The zero-order valence-electron chi connectivity index (χ0n) is 12.9. The minimum atomic E-state index is -0.205. The Kier molecular flexibility index (Phi) is 4.14. The van der Waals surface area contributed by atoms with Gasteiger partial charge in [0.15, 0.2) is 11.5 Å². The number of carbonyl (C=O) groups excluding carboxylic acids is 1. The van der Waals surface area contributed by atoms with Crippen molar-refractivity contribution in [3.63, 3.8) is 0 Å². The van der Waals surface area contributed by atoms with Crippen LogP contribution in [0, 0.1) is 0 Å². The van der Waals surface area contributed by atoms with Crippen molar-refractivity contribution in [2.24, 2.45) is 5.10 Å².